The van der Waals surface area contributed by atoms with Crippen molar-refractivity contribution < 1.29 is 42.1 Å². The van der Waals surface area contributed by atoms with Crippen LogP contribution in [-0.2, 0) is 32.7 Å². The van der Waals surface area contributed by atoms with Crippen molar-refractivity contribution in [2.75, 3.05) is 82.5 Å². The van der Waals surface area contributed by atoms with E-state index in [4.69, 9.17) is 14.6 Å². The molecule has 66 heavy (non-hydrogen) atoms. The number of aliphatic hydroxyl groups excluding tert-OH is 1. The minimum atomic E-state index is -4.49. The number of nitrogens with zero attached hydrogens (tertiary/aromatic N) is 4. The van der Waals surface area contributed by atoms with Crippen molar-refractivity contribution in [2.45, 2.75) is 82.2 Å². The van der Waals surface area contributed by atoms with Crippen LogP contribution < -0.4 is 15.5 Å². The van der Waals surface area contributed by atoms with Crippen molar-refractivity contribution in [1.29, 1.82) is 0 Å². The van der Waals surface area contributed by atoms with Crippen LogP contribution in [0.4, 0.5) is 24.5 Å². The van der Waals surface area contributed by atoms with Crippen molar-refractivity contribution in [3.63, 3.8) is 0 Å². The number of hydrogen-bond acceptors (Lipinski definition) is 10. The Morgan fingerprint density at radius 1 is 0.833 bits per heavy atom. The highest BCUT2D eigenvalue weighted by Gasteiger charge is 2.30. The first-order valence-electron chi connectivity index (χ1n) is 22.8. The summed E-state index contributed by atoms with van der Waals surface area (Å²) in [4.78, 5) is 51.3. The second kappa shape index (κ2) is 24.1. The molecule has 2 fully saturated rings. The maximum absolute atomic E-state index is 13.9. The Morgan fingerprint density at radius 2 is 1.58 bits per heavy atom. The number of piperazine rings is 1. The van der Waals surface area contributed by atoms with Gasteiger partial charge in [-0.05, 0) is 98.3 Å². The maximum atomic E-state index is 13.9. The first-order valence-corrected chi connectivity index (χ1v) is 23.8. The Kier molecular flexibility index (Phi) is 18.4. The lowest BCUT2D eigenvalue weighted by Gasteiger charge is -2.35. The van der Waals surface area contributed by atoms with Crippen molar-refractivity contribution >= 4 is 40.9 Å². The zero-order valence-corrected chi connectivity index (χ0v) is 39.0. The van der Waals surface area contributed by atoms with E-state index in [1.54, 1.807) is 30.0 Å². The summed E-state index contributed by atoms with van der Waals surface area (Å²) < 4.78 is 51.2. The fraction of sp³-hybridized carbons (Fsp3) is 0.480. The normalized spacial score (nSPS) is 15.4. The average Bonchev–Trinajstić information content (AvgIpc) is 3.32. The molecular weight excluding hydrogens is 870 g/mol. The molecule has 1 unspecified atom stereocenters. The van der Waals surface area contributed by atoms with Crippen LogP contribution in [0.2, 0.25) is 0 Å². The standard InChI is InChI=1S/C50H63F3N6O6S/c1-36(29-46(61)59-22-20-57(21-23-59)24-27-64-28-25-60)65-26-16-49(2,3)66-35-38-10-7-11-39(30-38)48(63)56-44-14-13-42(58-18-5-4-6-19-58)33-43(44)45-32-40(15-17-54-45)47(62)55-34-37-9-8-12-41(31-37)50(51,52)53/h7-15,17,30-33,36,60H,4-6,16,18-29,34-35H2,1-3H3,(H,55,62)(H,56,63). The Bertz CT molecular complexity index is 2230. The van der Waals surface area contributed by atoms with Gasteiger partial charge < -0.3 is 35.0 Å². The minimum Gasteiger partial charge on any atom is -0.394 e. The summed E-state index contributed by atoms with van der Waals surface area (Å²) in [6.07, 6.45) is 1.22. The van der Waals surface area contributed by atoms with E-state index in [2.05, 4.69) is 39.3 Å². The van der Waals surface area contributed by atoms with Gasteiger partial charge in [-0.15, -0.1) is 0 Å². The van der Waals surface area contributed by atoms with Crippen LogP contribution in [0.15, 0.2) is 85.1 Å². The number of rotatable bonds is 21. The molecule has 16 heteroatoms. The molecule has 3 N–H and O–H groups in total. The zero-order valence-electron chi connectivity index (χ0n) is 38.2. The number of ether oxygens (including phenoxy) is 2. The van der Waals surface area contributed by atoms with Crippen LogP contribution in [0.1, 0.15) is 90.3 Å². The summed E-state index contributed by atoms with van der Waals surface area (Å²) >= 11 is 1.77. The molecule has 0 bridgehead atoms. The summed E-state index contributed by atoms with van der Waals surface area (Å²) in [5.74, 6) is 0.000700. The number of thioether (sulfide) groups is 1. The van der Waals surface area contributed by atoms with Gasteiger partial charge in [0.2, 0.25) is 5.91 Å². The summed E-state index contributed by atoms with van der Waals surface area (Å²) in [6, 6.07) is 21.4. The number of pyridine rings is 1. The highest BCUT2D eigenvalue weighted by Crippen LogP contribution is 2.35. The van der Waals surface area contributed by atoms with E-state index < -0.39 is 17.6 Å². The molecular formula is C50H63F3N6O6S. The third kappa shape index (κ3) is 15.3. The number of nitrogens with one attached hydrogen (secondary N) is 2. The Morgan fingerprint density at radius 3 is 2.33 bits per heavy atom. The first-order chi connectivity index (χ1) is 31.7. The van der Waals surface area contributed by atoms with Gasteiger partial charge in [-0.1, -0.05) is 38.1 Å². The molecule has 356 valence electrons. The van der Waals surface area contributed by atoms with Gasteiger partial charge in [-0.2, -0.15) is 24.9 Å². The molecule has 0 radical (unpaired) electrons. The van der Waals surface area contributed by atoms with Crippen molar-refractivity contribution in [2.24, 2.45) is 0 Å². The van der Waals surface area contributed by atoms with Gasteiger partial charge in [0, 0.05) is 98.0 Å². The zero-order chi connectivity index (χ0) is 47.1. The molecule has 0 spiro atoms. The van der Waals surface area contributed by atoms with Gasteiger partial charge >= 0.3 is 6.18 Å². The molecule has 2 saturated heterocycles. The summed E-state index contributed by atoms with van der Waals surface area (Å²) in [5, 5.41) is 14.7. The van der Waals surface area contributed by atoms with E-state index >= 15 is 0 Å². The number of piperidine rings is 1. The number of carbonyl (C=O) groups is 3. The number of alkyl halides is 3. The van der Waals surface area contributed by atoms with Crippen molar-refractivity contribution in [3.05, 3.63) is 113 Å². The number of amides is 3. The van der Waals surface area contributed by atoms with Gasteiger partial charge in [0.1, 0.15) is 0 Å². The van der Waals surface area contributed by atoms with Gasteiger partial charge in [-0.25, -0.2) is 0 Å². The largest absolute Gasteiger partial charge is 0.416 e. The lowest BCUT2D eigenvalue weighted by Crippen LogP contribution is -2.49. The third-order valence-electron chi connectivity index (χ3n) is 11.9. The maximum Gasteiger partial charge on any atom is 0.416 e. The van der Waals surface area contributed by atoms with E-state index in [1.807, 2.05) is 48.2 Å². The predicted octanol–water partition coefficient (Wildman–Crippen LogP) is 8.29. The number of aromatic nitrogens is 1. The molecule has 4 aromatic rings. The molecule has 2 aliphatic heterocycles. The SMILES string of the molecule is CC(CC(=O)N1CCN(CCOCCO)CC1)OCCC(C)(C)SCc1cccc(C(=O)Nc2ccc(N3CCCCC3)cc2-c2cc(C(=O)NCc3cccc(C(F)(F)F)c3)ccn2)c1. The summed E-state index contributed by atoms with van der Waals surface area (Å²) in [5.41, 5.74) is 3.87. The fourth-order valence-corrected chi connectivity index (χ4v) is 8.90. The molecule has 2 aliphatic rings. The average molecular weight is 933 g/mol. The summed E-state index contributed by atoms with van der Waals surface area (Å²) in [6.45, 7) is 13.2. The van der Waals surface area contributed by atoms with Crippen LogP contribution in [-0.4, -0.2) is 121 Å². The highest BCUT2D eigenvalue weighted by atomic mass is 32.2. The number of anilines is 2. The fourth-order valence-electron chi connectivity index (χ4n) is 7.93. The Labute approximate surface area is 390 Å². The topological polar surface area (TPSA) is 137 Å². The van der Waals surface area contributed by atoms with Crippen LogP contribution in [0.3, 0.4) is 0 Å². The van der Waals surface area contributed by atoms with E-state index in [9.17, 15) is 27.6 Å². The minimum absolute atomic E-state index is 0.0177. The number of benzene rings is 3. The lowest BCUT2D eigenvalue weighted by atomic mass is 10.0. The smallest absolute Gasteiger partial charge is 0.394 e. The van der Waals surface area contributed by atoms with Gasteiger partial charge in [0.15, 0.2) is 0 Å². The molecule has 1 atom stereocenters. The molecule has 0 aliphatic carbocycles. The number of hydrogen-bond donors (Lipinski definition) is 3. The second-order valence-corrected chi connectivity index (χ2v) is 19.2. The molecule has 3 amide bonds. The van der Waals surface area contributed by atoms with Gasteiger partial charge in [0.25, 0.3) is 11.8 Å². The number of carbonyl (C=O) groups excluding carboxylic acids is 3. The van der Waals surface area contributed by atoms with E-state index in [0.717, 1.165) is 81.8 Å². The quantitative estimate of drug-likeness (QED) is 0.0701. The molecule has 3 heterocycles. The van der Waals surface area contributed by atoms with E-state index in [1.165, 1.54) is 18.3 Å². The number of aliphatic hydroxyl groups is 1. The predicted molar refractivity (Wildman–Crippen MR) is 254 cm³/mol. The molecule has 1 aromatic heterocycles. The molecule has 3 aromatic carbocycles. The Balaban J connectivity index is 1.03. The first kappa shape index (κ1) is 50.4. The van der Waals surface area contributed by atoms with Crippen molar-refractivity contribution in [3.8, 4) is 11.3 Å². The van der Waals surface area contributed by atoms with E-state index in [-0.39, 0.29) is 41.4 Å². The van der Waals surface area contributed by atoms with Crippen molar-refractivity contribution in [1.82, 2.24) is 20.1 Å². The van der Waals surface area contributed by atoms with Crippen LogP contribution in [0, 0.1) is 0 Å². The second-order valence-electron chi connectivity index (χ2n) is 17.5. The Hall–Kier alpha value is -5.00. The number of halogens is 3. The van der Waals surface area contributed by atoms with Crippen LogP contribution in [0.5, 0.6) is 0 Å². The highest BCUT2D eigenvalue weighted by molar-refractivity contribution is 7.99. The molecule has 0 saturated carbocycles. The third-order valence-corrected chi connectivity index (χ3v) is 13.3. The summed E-state index contributed by atoms with van der Waals surface area (Å²) in [7, 11) is 0. The van der Waals surface area contributed by atoms with E-state index in [0.29, 0.717) is 73.2 Å². The molecule has 12 nitrogen and oxygen atoms in total. The van der Waals surface area contributed by atoms with Gasteiger partial charge in [0.05, 0.1) is 49.3 Å². The van der Waals surface area contributed by atoms with Crippen LogP contribution in [0.25, 0.3) is 11.3 Å². The van der Waals surface area contributed by atoms with Crippen LogP contribution >= 0.6 is 11.8 Å². The monoisotopic (exact) mass is 932 g/mol. The van der Waals surface area contributed by atoms with Gasteiger partial charge in [-0.3, -0.25) is 24.3 Å². The lowest BCUT2D eigenvalue weighted by molar-refractivity contribution is -0.138. The molecule has 6 rings (SSSR count).